The van der Waals surface area contributed by atoms with Gasteiger partial charge in [0.25, 0.3) is 0 Å². The Bertz CT molecular complexity index is 3500. The Balaban J connectivity index is 1.39. The Labute approximate surface area is 310 Å². The highest BCUT2D eigenvalue weighted by molar-refractivity contribution is 6.08. The number of rotatable bonds is 6. The average molecular weight is 641 g/mol. The standard InChI is InChI=1S/C48H33N/c1-2-10-34(11-3-1)35-22-27-42(28-23-35)49(44-16-8-15-40(33-44)47-19-9-14-37-12-4-6-17-45(37)47)43-29-24-36(25-30-43)39-26-31-48-41(32-39)21-20-38-13-5-7-18-46(38)48/h1-33H/i1D,2D,3D,8D,10D,11D,15D,16D,22D,23D,24D,25D,27D,28D,29D,30D,33D. The molecule has 1 heteroatoms. The SMILES string of the molecule is [2H]c1c([2H])c([2H])c(-c2c([2H])c([2H])c(N(c3c([2H])c([2H])c(-c4ccc5c(ccc6ccccc65)c4)c([2H])c3[2H])c3c([2H])c([2H])c([2H])c(-c4cccc5ccccc45)c3[2H])c([2H])c2[2H])c([2H])c1[2H]. The van der Waals surface area contributed by atoms with E-state index in [0.29, 0.717) is 16.3 Å². The van der Waals surface area contributed by atoms with Crippen LogP contribution in [-0.4, -0.2) is 0 Å². The van der Waals surface area contributed by atoms with Gasteiger partial charge in [-0.2, -0.15) is 0 Å². The van der Waals surface area contributed by atoms with Gasteiger partial charge in [-0.05, 0) is 108 Å². The van der Waals surface area contributed by atoms with Gasteiger partial charge in [0.2, 0.25) is 0 Å². The Hall–Kier alpha value is -6.44. The molecule has 0 aliphatic carbocycles. The van der Waals surface area contributed by atoms with Gasteiger partial charge in [0.05, 0.1) is 23.3 Å². The third-order valence-electron chi connectivity index (χ3n) is 8.35. The topological polar surface area (TPSA) is 3.24 Å². The molecule has 0 saturated carbocycles. The minimum Gasteiger partial charge on any atom is -0.310 e. The molecule has 0 aliphatic heterocycles. The molecule has 0 saturated heterocycles. The fraction of sp³-hybridized carbons (Fsp3) is 0. The van der Waals surface area contributed by atoms with E-state index in [-0.39, 0.29) is 16.7 Å². The van der Waals surface area contributed by atoms with Gasteiger partial charge < -0.3 is 4.90 Å². The minimum atomic E-state index is -0.965. The largest absolute Gasteiger partial charge is 0.310 e. The highest BCUT2D eigenvalue weighted by atomic mass is 15.1. The zero-order valence-electron chi connectivity index (χ0n) is 42.7. The van der Waals surface area contributed by atoms with Crippen LogP contribution in [0.1, 0.15) is 23.3 Å². The first-order valence-electron chi connectivity index (χ1n) is 24.0. The summed E-state index contributed by atoms with van der Waals surface area (Å²) in [6.45, 7) is 0. The lowest BCUT2D eigenvalue weighted by Crippen LogP contribution is -2.10. The highest BCUT2D eigenvalue weighted by Gasteiger charge is 2.15. The molecule has 0 spiro atoms. The predicted molar refractivity (Wildman–Crippen MR) is 210 cm³/mol. The van der Waals surface area contributed by atoms with Crippen molar-refractivity contribution in [1.82, 2.24) is 0 Å². The van der Waals surface area contributed by atoms with Gasteiger partial charge in [-0.1, -0.05) is 157 Å². The fourth-order valence-electron chi connectivity index (χ4n) is 6.01. The second kappa shape index (κ2) is 12.3. The van der Waals surface area contributed by atoms with Crippen LogP contribution in [0.25, 0.3) is 65.7 Å². The summed E-state index contributed by atoms with van der Waals surface area (Å²) in [6.07, 6.45) is 0. The van der Waals surface area contributed by atoms with Crippen molar-refractivity contribution in [3.05, 3.63) is 200 Å². The van der Waals surface area contributed by atoms with Crippen molar-refractivity contribution in [2.45, 2.75) is 0 Å². The molecule has 0 fully saturated rings. The predicted octanol–water partition coefficient (Wildman–Crippen LogP) is 13.6. The summed E-state index contributed by atoms with van der Waals surface area (Å²) in [6, 6.07) is 15.6. The van der Waals surface area contributed by atoms with Crippen molar-refractivity contribution in [2.24, 2.45) is 0 Å². The number of hydrogen-bond acceptors (Lipinski definition) is 1. The lowest BCUT2D eigenvalue weighted by Gasteiger charge is -2.26. The Morgan fingerprint density at radius 2 is 0.918 bits per heavy atom. The first-order valence-corrected chi connectivity index (χ1v) is 15.5. The maximum atomic E-state index is 9.77. The number of fused-ring (bicyclic) bond motifs is 4. The number of nitrogens with zero attached hydrogens (tertiary/aromatic N) is 1. The van der Waals surface area contributed by atoms with Crippen LogP contribution in [0.5, 0.6) is 0 Å². The van der Waals surface area contributed by atoms with Gasteiger partial charge >= 0.3 is 0 Å². The lowest BCUT2D eigenvalue weighted by molar-refractivity contribution is 1.28. The molecule has 9 rings (SSSR count). The van der Waals surface area contributed by atoms with E-state index in [4.69, 9.17) is 9.60 Å². The van der Waals surface area contributed by atoms with Crippen LogP contribution < -0.4 is 4.90 Å². The van der Waals surface area contributed by atoms with Crippen molar-refractivity contribution in [2.75, 3.05) is 4.90 Å². The van der Waals surface area contributed by atoms with Gasteiger partial charge in [-0.3, -0.25) is 0 Å². The van der Waals surface area contributed by atoms with Crippen molar-refractivity contribution in [3.8, 4) is 33.4 Å². The zero-order valence-corrected chi connectivity index (χ0v) is 25.7. The smallest absolute Gasteiger partial charge is 0.0651 e. The molecule has 49 heavy (non-hydrogen) atoms. The Morgan fingerprint density at radius 3 is 1.67 bits per heavy atom. The second-order valence-corrected chi connectivity index (χ2v) is 11.3. The zero-order chi connectivity index (χ0) is 47.4. The molecule has 0 radical (unpaired) electrons. The van der Waals surface area contributed by atoms with Crippen LogP contribution in [0.2, 0.25) is 0 Å². The van der Waals surface area contributed by atoms with E-state index in [1.54, 1.807) is 54.6 Å². The van der Waals surface area contributed by atoms with Gasteiger partial charge in [0, 0.05) is 17.1 Å². The van der Waals surface area contributed by atoms with Gasteiger partial charge in [-0.25, -0.2) is 0 Å². The van der Waals surface area contributed by atoms with E-state index in [0.717, 1.165) is 26.4 Å². The summed E-state index contributed by atoms with van der Waals surface area (Å²) in [5.74, 6) is 0. The molecule has 0 bridgehead atoms. The molecule has 0 aliphatic rings. The van der Waals surface area contributed by atoms with E-state index in [1.807, 2.05) is 42.5 Å². The van der Waals surface area contributed by atoms with E-state index in [1.165, 1.54) is 0 Å². The van der Waals surface area contributed by atoms with E-state index in [9.17, 15) is 13.7 Å². The third-order valence-corrected chi connectivity index (χ3v) is 8.35. The van der Waals surface area contributed by atoms with Crippen molar-refractivity contribution in [1.29, 1.82) is 0 Å². The molecule has 9 aromatic rings. The maximum Gasteiger partial charge on any atom is 0.0651 e. The molecule has 230 valence electrons. The van der Waals surface area contributed by atoms with Crippen LogP contribution in [0, 0.1) is 0 Å². The van der Waals surface area contributed by atoms with Crippen LogP contribution in [0.15, 0.2) is 200 Å². The van der Waals surface area contributed by atoms with Crippen LogP contribution in [0.3, 0.4) is 0 Å². The summed E-state index contributed by atoms with van der Waals surface area (Å²) in [5.41, 5.74) is -3.20. The summed E-state index contributed by atoms with van der Waals surface area (Å²) in [5, 5.41) is 4.82. The molecular formula is C48H33N. The molecule has 1 nitrogen and oxygen atoms in total. The van der Waals surface area contributed by atoms with E-state index in [2.05, 4.69) is 0 Å². The Morgan fingerprint density at radius 1 is 0.347 bits per heavy atom. The van der Waals surface area contributed by atoms with Crippen LogP contribution >= 0.6 is 0 Å². The molecule has 0 heterocycles. The number of benzene rings is 9. The van der Waals surface area contributed by atoms with Crippen LogP contribution in [-0.2, 0) is 0 Å². The molecule has 0 amide bonds. The summed E-state index contributed by atoms with van der Waals surface area (Å²) >= 11 is 0. The molecule has 0 unspecified atom stereocenters. The molecule has 9 aromatic carbocycles. The van der Waals surface area contributed by atoms with Crippen LogP contribution in [0.4, 0.5) is 17.1 Å². The molecule has 0 atom stereocenters. The monoisotopic (exact) mass is 640 g/mol. The summed E-state index contributed by atoms with van der Waals surface area (Å²) in [7, 11) is 0. The third kappa shape index (κ3) is 5.42. The molecular weight excluding hydrogens is 591 g/mol. The highest BCUT2D eigenvalue weighted by Crippen LogP contribution is 2.40. The van der Waals surface area contributed by atoms with E-state index < -0.39 is 131 Å². The second-order valence-electron chi connectivity index (χ2n) is 11.3. The fourth-order valence-corrected chi connectivity index (χ4v) is 6.01. The molecule has 0 aromatic heterocycles. The van der Waals surface area contributed by atoms with E-state index >= 15 is 0 Å². The van der Waals surface area contributed by atoms with Crippen molar-refractivity contribution < 1.29 is 23.3 Å². The van der Waals surface area contributed by atoms with Gasteiger partial charge in [0.15, 0.2) is 0 Å². The summed E-state index contributed by atoms with van der Waals surface area (Å²) in [4.78, 5) is 0.723. The van der Waals surface area contributed by atoms with Crippen molar-refractivity contribution >= 4 is 49.4 Å². The number of anilines is 3. The summed E-state index contributed by atoms with van der Waals surface area (Å²) < 4.78 is 154. The lowest BCUT2D eigenvalue weighted by atomic mass is 9.97. The normalized spacial score (nSPS) is 16.1. The number of hydrogen-bond donors (Lipinski definition) is 0. The minimum absolute atomic E-state index is 0.129. The van der Waals surface area contributed by atoms with Gasteiger partial charge in [-0.15, -0.1) is 0 Å². The van der Waals surface area contributed by atoms with Gasteiger partial charge in [0.1, 0.15) is 0 Å². The van der Waals surface area contributed by atoms with Crippen molar-refractivity contribution in [3.63, 3.8) is 0 Å². The first kappa shape index (κ1) is 16.1. The Kier molecular flexibility index (Phi) is 4.04. The quantitative estimate of drug-likeness (QED) is 0.163. The average Bonchev–Trinajstić information content (AvgIpc) is 3.31. The molecule has 0 N–H and O–H groups in total. The first-order chi connectivity index (χ1) is 31.4. The maximum absolute atomic E-state index is 9.77.